The third kappa shape index (κ3) is 10.6. The number of aromatic nitrogens is 2. The van der Waals surface area contributed by atoms with E-state index in [0.717, 1.165) is 5.32 Å². The predicted octanol–water partition coefficient (Wildman–Crippen LogP) is 4.44. The highest BCUT2D eigenvalue weighted by Crippen LogP contribution is 2.30. The van der Waals surface area contributed by atoms with E-state index < -0.39 is 78.3 Å². The molecule has 48 heavy (non-hydrogen) atoms. The molecule has 0 aliphatic rings. The summed E-state index contributed by atoms with van der Waals surface area (Å²) in [5, 5.41) is 6.42. The van der Waals surface area contributed by atoms with Crippen molar-refractivity contribution in [2.75, 3.05) is 6.54 Å². The highest BCUT2D eigenvalue weighted by atomic mass is 35.5. The van der Waals surface area contributed by atoms with Crippen LogP contribution in [-0.2, 0) is 25.6 Å². The quantitative estimate of drug-likeness (QED) is 0.157. The van der Waals surface area contributed by atoms with Crippen LogP contribution in [0.15, 0.2) is 73.2 Å². The average Bonchev–Trinajstić information content (AvgIpc) is 3.04. The Kier molecular flexibility index (Phi) is 12.8. The van der Waals surface area contributed by atoms with Gasteiger partial charge in [-0.1, -0.05) is 67.9 Å². The van der Waals surface area contributed by atoms with E-state index in [9.17, 15) is 45.9 Å². The molecule has 0 radical (unpaired) electrons. The van der Waals surface area contributed by atoms with Gasteiger partial charge in [-0.25, -0.2) is 4.98 Å². The van der Waals surface area contributed by atoms with E-state index in [0.29, 0.717) is 10.6 Å². The van der Waals surface area contributed by atoms with E-state index in [1.807, 2.05) is 0 Å². The van der Waals surface area contributed by atoms with Gasteiger partial charge in [0.15, 0.2) is 5.78 Å². The molecule has 0 unspecified atom stereocenters. The molecule has 3 N–H and O–H groups in total. The molecular formula is C32H31ClF5N5O5. The SMILES string of the molecule is CC(C)[C@H](CC(=O)[C@@H](NC(=O)[C@H](Cc1cccc(Cl)c1)NC(=O)c1cnccn1)c1ccccc1)C(=O)C(F)(F)C(=O)NCC(F)(F)F. The van der Waals surface area contributed by atoms with Crippen molar-refractivity contribution in [2.24, 2.45) is 11.8 Å². The molecule has 3 aromatic rings. The molecule has 3 amide bonds. The maximum atomic E-state index is 14.8. The lowest BCUT2D eigenvalue weighted by atomic mass is 9.82. The van der Waals surface area contributed by atoms with Crippen molar-refractivity contribution in [1.82, 2.24) is 25.9 Å². The van der Waals surface area contributed by atoms with Gasteiger partial charge < -0.3 is 16.0 Å². The standard InChI is InChI=1S/C32H31ClF5N5O5/c1-18(2)22(27(45)32(37,38)30(48)41-17-31(34,35)36)15-25(44)26(20-8-4-3-5-9-20)43-28(46)23(14-19-7-6-10-21(33)13-19)42-29(47)24-16-39-11-12-40-24/h3-13,16,18,22-23,26H,14-15,17H2,1-2H3,(H,41,48)(H,42,47)(H,43,46)/t22-,23-,26-/m0/s1. The average molecular weight is 696 g/mol. The summed E-state index contributed by atoms with van der Waals surface area (Å²) in [6.07, 6.45) is -2.27. The molecule has 16 heteroatoms. The molecule has 3 rings (SSSR count). The van der Waals surface area contributed by atoms with E-state index in [1.165, 1.54) is 56.7 Å². The molecule has 0 saturated carbocycles. The van der Waals surface area contributed by atoms with Gasteiger partial charge in [-0.15, -0.1) is 0 Å². The van der Waals surface area contributed by atoms with Crippen molar-refractivity contribution < 1.29 is 45.9 Å². The Balaban J connectivity index is 1.90. The molecule has 0 aliphatic heterocycles. The van der Waals surface area contributed by atoms with Crippen LogP contribution in [0.3, 0.4) is 0 Å². The van der Waals surface area contributed by atoms with E-state index in [-0.39, 0.29) is 17.7 Å². The van der Waals surface area contributed by atoms with E-state index in [2.05, 4.69) is 20.6 Å². The number of amides is 3. The first kappa shape index (κ1) is 37.7. The van der Waals surface area contributed by atoms with Crippen LogP contribution >= 0.6 is 11.6 Å². The Hall–Kier alpha value is -4.79. The van der Waals surface area contributed by atoms with E-state index in [1.54, 1.807) is 30.3 Å². The van der Waals surface area contributed by atoms with Crippen molar-refractivity contribution >= 4 is 40.9 Å². The molecule has 3 atom stereocenters. The van der Waals surface area contributed by atoms with Crippen molar-refractivity contribution in [3.63, 3.8) is 0 Å². The Bertz CT molecular complexity index is 1610. The normalized spacial score (nSPS) is 13.6. The molecule has 0 spiro atoms. The summed E-state index contributed by atoms with van der Waals surface area (Å²) in [7, 11) is 0. The Morgan fingerprint density at radius 3 is 2.17 bits per heavy atom. The first-order chi connectivity index (χ1) is 22.5. The number of carbonyl (C=O) groups excluding carboxylic acids is 5. The minimum absolute atomic E-state index is 0.111. The van der Waals surface area contributed by atoms with Gasteiger partial charge in [-0.2, -0.15) is 22.0 Å². The van der Waals surface area contributed by atoms with Crippen LogP contribution in [0.2, 0.25) is 5.02 Å². The number of carbonyl (C=O) groups is 5. The number of halogens is 6. The number of benzene rings is 2. The largest absolute Gasteiger partial charge is 0.405 e. The summed E-state index contributed by atoms with van der Waals surface area (Å²) < 4.78 is 67.2. The molecule has 256 valence electrons. The van der Waals surface area contributed by atoms with Crippen LogP contribution in [0.5, 0.6) is 0 Å². The third-order valence-electron chi connectivity index (χ3n) is 7.09. The van der Waals surface area contributed by atoms with Crippen molar-refractivity contribution in [1.29, 1.82) is 0 Å². The summed E-state index contributed by atoms with van der Waals surface area (Å²) in [6.45, 7) is 0.545. The lowest BCUT2D eigenvalue weighted by Gasteiger charge is -2.27. The number of hydrogen-bond donors (Lipinski definition) is 3. The lowest BCUT2D eigenvalue weighted by Crippen LogP contribution is -2.52. The second-order valence-electron chi connectivity index (χ2n) is 11.1. The highest BCUT2D eigenvalue weighted by Gasteiger charge is 2.52. The number of Topliss-reactive ketones (excluding diaryl/α,β-unsaturated/α-hetero) is 2. The number of alkyl halides is 5. The second kappa shape index (κ2) is 16.4. The summed E-state index contributed by atoms with van der Waals surface area (Å²) in [6, 6.07) is 11.1. The maximum absolute atomic E-state index is 14.8. The van der Waals surface area contributed by atoms with Crippen molar-refractivity contribution in [2.45, 2.75) is 50.9 Å². The number of hydrogen-bond acceptors (Lipinski definition) is 7. The Labute approximate surface area is 276 Å². The van der Waals surface area contributed by atoms with Crippen molar-refractivity contribution in [3.8, 4) is 0 Å². The van der Waals surface area contributed by atoms with Crippen LogP contribution < -0.4 is 16.0 Å². The van der Waals surface area contributed by atoms with Gasteiger partial charge in [-0.05, 0) is 29.2 Å². The zero-order valence-corrected chi connectivity index (χ0v) is 26.3. The van der Waals surface area contributed by atoms with Crippen LogP contribution in [0.25, 0.3) is 0 Å². The molecule has 1 aromatic heterocycles. The van der Waals surface area contributed by atoms with Gasteiger partial charge in [0, 0.05) is 36.2 Å². The molecule has 0 saturated heterocycles. The number of ketones is 2. The van der Waals surface area contributed by atoms with Crippen LogP contribution in [0.4, 0.5) is 22.0 Å². The van der Waals surface area contributed by atoms with Gasteiger partial charge in [0.2, 0.25) is 11.7 Å². The van der Waals surface area contributed by atoms with Crippen molar-refractivity contribution in [3.05, 3.63) is 95.0 Å². The molecular weight excluding hydrogens is 665 g/mol. The number of nitrogens with zero attached hydrogens (tertiary/aromatic N) is 2. The first-order valence-corrected chi connectivity index (χ1v) is 14.8. The van der Waals surface area contributed by atoms with Crippen LogP contribution in [-0.4, -0.2) is 63.9 Å². The van der Waals surface area contributed by atoms with E-state index >= 15 is 0 Å². The molecule has 10 nitrogen and oxygen atoms in total. The number of rotatable bonds is 15. The minimum atomic E-state index is -5.01. The summed E-state index contributed by atoms with van der Waals surface area (Å²) in [4.78, 5) is 73.0. The lowest BCUT2D eigenvalue weighted by molar-refractivity contribution is -0.167. The fraction of sp³-hybridized carbons (Fsp3) is 0.344. The molecule has 0 fully saturated rings. The number of nitrogens with one attached hydrogen (secondary N) is 3. The van der Waals surface area contributed by atoms with Crippen LogP contribution in [0, 0.1) is 11.8 Å². The summed E-state index contributed by atoms with van der Waals surface area (Å²) in [5.74, 6) is -14.8. The summed E-state index contributed by atoms with van der Waals surface area (Å²) in [5.41, 5.74) is 0.610. The fourth-order valence-corrected chi connectivity index (χ4v) is 4.81. The Morgan fingerprint density at radius 1 is 0.896 bits per heavy atom. The second-order valence-corrected chi connectivity index (χ2v) is 11.5. The molecule has 1 heterocycles. The van der Waals surface area contributed by atoms with Gasteiger partial charge >= 0.3 is 12.1 Å². The van der Waals surface area contributed by atoms with Gasteiger partial charge in [0.05, 0.1) is 6.20 Å². The predicted molar refractivity (Wildman–Crippen MR) is 163 cm³/mol. The third-order valence-corrected chi connectivity index (χ3v) is 7.33. The summed E-state index contributed by atoms with van der Waals surface area (Å²) >= 11 is 6.10. The van der Waals surface area contributed by atoms with Gasteiger partial charge in [0.1, 0.15) is 24.3 Å². The highest BCUT2D eigenvalue weighted by molar-refractivity contribution is 6.30. The zero-order valence-electron chi connectivity index (χ0n) is 25.6. The van der Waals surface area contributed by atoms with Crippen LogP contribution in [0.1, 0.15) is 47.9 Å². The smallest absolute Gasteiger partial charge is 0.341 e. The first-order valence-electron chi connectivity index (χ1n) is 14.5. The van der Waals surface area contributed by atoms with Gasteiger partial charge in [0.25, 0.3) is 11.8 Å². The molecule has 0 aliphatic carbocycles. The van der Waals surface area contributed by atoms with Gasteiger partial charge in [-0.3, -0.25) is 29.0 Å². The maximum Gasteiger partial charge on any atom is 0.405 e. The van der Waals surface area contributed by atoms with E-state index in [4.69, 9.17) is 11.6 Å². The molecule has 2 aromatic carbocycles. The fourth-order valence-electron chi connectivity index (χ4n) is 4.60. The Morgan fingerprint density at radius 2 is 1.58 bits per heavy atom. The molecule has 0 bridgehead atoms. The topological polar surface area (TPSA) is 147 Å². The minimum Gasteiger partial charge on any atom is -0.341 e. The zero-order chi connectivity index (χ0) is 35.6. The monoisotopic (exact) mass is 695 g/mol.